The molecule has 1 aliphatic rings. The fourth-order valence-corrected chi connectivity index (χ4v) is 2.09. The molecule has 0 spiro atoms. The lowest BCUT2D eigenvalue weighted by Gasteiger charge is -2.35. The van der Waals surface area contributed by atoms with Gasteiger partial charge in [-0.1, -0.05) is 0 Å². The molecule has 0 unspecified atom stereocenters. The zero-order valence-corrected chi connectivity index (χ0v) is 11.0. The fraction of sp³-hybridized carbons (Fsp3) is 0.667. The number of H-pyrrole nitrogens is 1. The number of nitrogens with one attached hydrogen (secondary N) is 2. The van der Waals surface area contributed by atoms with Crippen molar-refractivity contribution in [3.8, 4) is 0 Å². The van der Waals surface area contributed by atoms with Gasteiger partial charge in [0.25, 0.3) is 0 Å². The first-order valence-corrected chi connectivity index (χ1v) is 6.35. The summed E-state index contributed by atoms with van der Waals surface area (Å²) >= 11 is 0. The second-order valence-corrected chi connectivity index (χ2v) is 4.81. The minimum atomic E-state index is -0.0679. The maximum absolute atomic E-state index is 12.0. The summed E-state index contributed by atoms with van der Waals surface area (Å²) in [6.07, 6.45) is 1.69. The van der Waals surface area contributed by atoms with Crippen LogP contribution in [0.25, 0.3) is 0 Å². The van der Waals surface area contributed by atoms with Crippen LogP contribution in [0.5, 0.6) is 0 Å². The van der Waals surface area contributed by atoms with Gasteiger partial charge in [0.2, 0.25) is 5.91 Å². The Labute approximate surface area is 107 Å². The maximum Gasteiger partial charge on any atom is 0.237 e. The van der Waals surface area contributed by atoms with Gasteiger partial charge in [-0.25, -0.2) is 0 Å². The van der Waals surface area contributed by atoms with Gasteiger partial charge in [0, 0.05) is 32.4 Å². The number of likely N-dealkylation sites (N-methyl/N-ethyl adjacent to an activating group) is 1. The number of nitrogens with zero attached hydrogens (tertiary/aromatic N) is 3. The molecule has 1 amide bonds. The molecule has 6 nitrogen and oxygen atoms in total. The van der Waals surface area contributed by atoms with Crippen LogP contribution in [0.4, 0.5) is 0 Å². The van der Waals surface area contributed by atoms with Gasteiger partial charge in [0.1, 0.15) is 0 Å². The molecule has 1 atom stereocenters. The molecule has 2 N–H and O–H groups in total. The van der Waals surface area contributed by atoms with E-state index in [1.165, 1.54) is 0 Å². The Morgan fingerprint density at radius 3 is 2.83 bits per heavy atom. The van der Waals surface area contributed by atoms with Crippen molar-refractivity contribution in [2.75, 3.05) is 33.2 Å². The smallest absolute Gasteiger partial charge is 0.237 e. The molecular formula is C12H21N5O. The molecule has 0 saturated carbocycles. The molecule has 0 radical (unpaired) electrons. The summed E-state index contributed by atoms with van der Waals surface area (Å²) in [7, 11) is 2.11. The van der Waals surface area contributed by atoms with Crippen LogP contribution in [0.15, 0.2) is 12.3 Å². The van der Waals surface area contributed by atoms with Gasteiger partial charge in [-0.3, -0.25) is 14.8 Å². The number of hydrogen-bond donors (Lipinski definition) is 2. The SMILES string of the molecule is C[C@H](C(=O)NCc1ccn[nH]1)N1CCN(C)CC1. The topological polar surface area (TPSA) is 64.3 Å². The van der Waals surface area contributed by atoms with E-state index < -0.39 is 0 Å². The van der Waals surface area contributed by atoms with Gasteiger partial charge >= 0.3 is 0 Å². The number of amides is 1. The molecule has 18 heavy (non-hydrogen) atoms. The van der Waals surface area contributed by atoms with Crippen molar-refractivity contribution in [1.29, 1.82) is 0 Å². The molecule has 6 heteroatoms. The van der Waals surface area contributed by atoms with E-state index in [-0.39, 0.29) is 11.9 Å². The number of carbonyl (C=O) groups is 1. The average Bonchev–Trinajstić information content (AvgIpc) is 2.89. The molecule has 0 aliphatic carbocycles. The standard InChI is InChI=1S/C12H21N5O/c1-10(17-7-5-16(2)6-8-17)12(18)13-9-11-3-4-14-15-11/h3-4,10H,5-9H2,1-2H3,(H,13,18)(H,14,15)/t10-/m1/s1. The number of rotatable bonds is 4. The molecule has 100 valence electrons. The van der Waals surface area contributed by atoms with E-state index in [0.29, 0.717) is 6.54 Å². The minimum Gasteiger partial charge on any atom is -0.349 e. The van der Waals surface area contributed by atoms with Crippen molar-refractivity contribution in [2.45, 2.75) is 19.5 Å². The van der Waals surface area contributed by atoms with Gasteiger partial charge in [0.05, 0.1) is 18.3 Å². The van der Waals surface area contributed by atoms with Crippen LogP contribution in [0.1, 0.15) is 12.6 Å². The largest absolute Gasteiger partial charge is 0.349 e. The van der Waals surface area contributed by atoms with Crippen LogP contribution in [-0.4, -0.2) is 65.2 Å². The van der Waals surface area contributed by atoms with Gasteiger partial charge in [-0.2, -0.15) is 5.10 Å². The summed E-state index contributed by atoms with van der Waals surface area (Å²) < 4.78 is 0. The van der Waals surface area contributed by atoms with E-state index in [1.807, 2.05) is 13.0 Å². The molecule has 0 aromatic carbocycles. The number of aromatic amines is 1. The Hall–Kier alpha value is -1.40. The van der Waals surface area contributed by atoms with Gasteiger partial charge in [-0.15, -0.1) is 0 Å². The van der Waals surface area contributed by atoms with Crippen molar-refractivity contribution >= 4 is 5.91 Å². The first-order valence-electron chi connectivity index (χ1n) is 6.35. The van der Waals surface area contributed by atoms with Crippen LogP contribution < -0.4 is 5.32 Å². The van der Waals surface area contributed by atoms with Crippen LogP contribution in [0, 0.1) is 0 Å². The molecule has 0 bridgehead atoms. The minimum absolute atomic E-state index is 0.0679. The third-order valence-corrected chi connectivity index (χ3v) is 3.48. The second-order valence-electron chi connectivity index (χ2n) is 4.81. The molecule has 1 saturated heterocycles. The predicted molar refractivity (Wildman–Crippen MR) is 69.0 cm³/mol. The Balaban J connectivity index is 1.77. The lowest BCUT2D eigenvalue weighted by atomic mass is 10.2. The molecule has 2 heterocycles. The maximum atomic E-state index is 12.0. The normalized spacial score (nSPS) is 19.7. The van der Waals surface area contributed by atoms with Gasteiger partial charge in [0.15, 0.2) is 0 Å². The lowest BCUT2D eigenvalue weighted by molar-refractivity contribution is -0.126. The fourth-order valence-electron chi connectivity index (χ4n) is 2.09. The van der Waals surface area contributed by atoms with Gasteiger partial charge < -0.3 is 10.2 Å². The number of piperazine rings is 1. The van der Waals surface area contributed by atoms with Crippen molar-refractivity contribution in [3.63, 3.8) is 0 Å². The summed E-state index contributed by atoms with van der Waals surface area (Å²) in [5, 5.41) is 9.61. The highest BCUT2D eigenvalue weighted by atomic mass is 16.2. The van der Waals surface area contributed by atoms with E-state index in [1.54, 1.807) is 6.20 Å². The highest BCUT2D eigenvalue weighted by Gasteiger charge is 2.23. The molecule has 1 aliphatic heterocycles. The highest BCUT2D eigenvalue weighted by molar-refractivity contribution is 5.81. The van der Waals surface area contributed by atoms with Crippen molar-refractivity contribution < 1.29 is 4.79 Å². The highest BCUT2D eigenvalue weighted by Crippen LogP contribution is 2.05. The van der Waals surface area contributed by atoms with Crippen LogP contribution in [0.2, 0.25) is 0 Å². The Morgan fingerprint density at radius 2 is 2.22 bits per heavy atom. The van der Waals surface area contributed by atoms with Crippen LogP contribution in [0.3, 0.4) is 0 Å². The Bertz CT molecular complexity index is 370. The molecular weight excluding hydrogens is 230 g/mol. The molecule has 1 aromatic rings. The van der Waals surface area contributed by atoms with E-state index in [9.17, 15) is 4.79 Å². The first-order chi connectivity index (χ1) is 8.66. The van der Waals surface area contributed by atoms with Crippen molar-refractivity contribution in [2.24, 2.45) is 0 Å². The lowest BCUT2D eigenvalue weighted by Crippen LogP contribution is -2.52. The zero-order chi connectivity index (χ0) is 13.0. The number of hydrogen-bond acceptors (Lipinski definition) is 4. The van der Waals surface area contributed by atoms with E-state index in [2.05, 4.69) is 32.4 Å². The summed E-state index contributed by atoms with van der Waals surface area (Å²) in [4.78, 5) is 16.5. The summed E-state index contributed by atoms with van der Waals surface area (Å²) in [6, 6.07) is 1.79. The first kappa shape index (κ1) is 13.0. The second kappa shape index (κ2) is 5.97. The Kier molecular flexibility index (Phi) is 4.33. The summed E-state index contributed by atoms with van der Waals surface area (Å²) in [6.45, 7) is 6.44. The van der Waals surface area contributed by atoms with Crippen molar-refractivity contribution in [3.05, 3.63) is 18.0 Å². The third kappa shape index (κ3) is 3.30. The zero-order valence-electron chi connectivity index (χ0n) is 11.0. The average molecular weight is 251 g/mol. The van der Waals surface area contributed by atoms with Crippen LogP contribution in [-0.2, 0) is 11.3 Å². The monoisotopic (exact) mass is 251 g/mol. The van der Waals surface area contributed by atoms with Crippen LogP contribution >= 0.6 is 0 Å². The van der Waals surface area contributed by atoms with E-state index in [4.69, 9.17) is 0 Å². The molecule has 2 rings (SSSR count). The van der Waals surface area contributed by atoms with Crippen molar-refractivity contribution in [1.82, 2.24) is 25.3 Å². The number of carbonyl (C=O) groups excluding carboxylic acids is 1. The Morgan fingerprint density at radius 1 is 1.50 bits per heavy atom. The molecule has 1 fully saturated rings. The molecule has 1 aromatic heterocycles. The predicted octanol–water partition coefficient (Wildman–Crippen LogP) is -0.338. The van der Waals surface area contributed by atoms with E-state index in [0.717, 1.165) is 31.9 Å². The third-order valence-electron chi connectivity index (χ3n) is 3.48. The van der Waals surface area contributed by atoms with Gasteiger partial charge in [-0.05, 0) is 20.0 Å². The summed E-state index contributed by atoms with van der Waals surface area (Å²) in [5.41, 5.74) is 0.925. The quantitative estimate of drug-likeness (QED) is 0.768. The number of aromatic nitrogens is 2. The summed E-state index contributed by atoms with van der Waals surface area (Å²) in [5.74, 6) is 0.0779. The van der Waals surface area contributed by atoms with E-state index >= 15 is 0 Å².